The second kappa shape index (κ2) is 13.5. The third kappa shape index (κ3) is 7.05. The first-order valence-corrected chi connectivity index (χ1v) is 14.7. The number of aliphatic hydroxyl groups is 1. The number of urea groups is 1. The Morgan fingerprint density at radius 2 is 1.89 bits per heavy atom. The first kappa shape index (κ1) is 32.5. The summed E-state index contributed by atoms with van der Waals surface area (Å²) in [5.74, 6) is -0.629. The predicted octanol–water partition coefficient (Wildman–Crippen LogP) is 5.50. The average molecular weight is 633 g/mol. The van der Waals surface area contributed by atoms with E-state index in [4.69, 9.17) is 4.74 Å². The Morgan fingerprint density at radius 3 is 2.50 bits per heavy atom. The molecule has 0 radical (unpaired) electrons. The summed E-state index contributed by atoms with van der Waals surface area (Å²) in [6.45, 7) is 7.33. The molecule has 15 heteroatoms. The molecule has 11 nitrogen and oxygen atoms in total. The molecule has 0 spiro atoms. The summed E-state index contributed by atoms with van der Waals surface area (Å²) in [6.07, 6.45) is -0.0803. The van der Waals surface area contributed by atoms with Gasteiger partial charge in [0.2, 0.25) is 5.43 Å². The van der Waals surface area contributed by atoms with Crippen molar-refractivity contribution >= 4 is 40.2 Å². The van der Waals surface area contributed by atoms with Crippen LogP contribution in [0.3, 0.4) is 0 Å². The molecule has 234 valence electrons. The topological polar surface area (TPSA) is 148 Å². The van der Waals surface area contributed by atoms with E-state index >= 15 is 0 Å². The molecule has 2 amide bonds. The highest BCUT2D eigenvalue weighted by atomic mass is 32.1. The third-order valence-corrected chi connectivity index (χ3v) is 7.41. The van der Waals surface area contributed by atoms with Gasteiger partial charge in [0.05, 0.1) is 24.6 Å². The number of hydrogen-bond donors (Lipinski definition) is 3. The lowest BCUT2D eigenvalue weighted by Gasteiger charge is -2.23. The van der Waals surface area contributed by atoms with Gasteiger partial charge in [-0.25, -0.2) is 24.5 Å². The molecule has 4 heterocycles. The molecule has 0 aliphatic heterocycles. The van der Waals surface area contributed by atoms with Crippen molar-refractivity contribution in [2.24, 2.45) is 5.92 Å². The van der Waals surface area contributed by atoms with E-state index in [0.717, 1.165) is 16.7 Å². The first-order chi connectivity index (χ1) is 20.9. The molecule has 0 fully saturated rings. The fraction of sp³-hybridized carbons (Fsp3) is 0.379. The quantitative estimate of drug-likeness (QED) is 0.194. The Morgan fingerprint density at radius 1 is 1.14 bits per heavy atom. The Bertz CT molecular complexity index is 1740. The van der Waals surface area contributed by atoms with E-state index in [9.17, 15) is 32.7 Å². The molecule has 1 atom stereocenters. The molecule has 4 aromatic rings. The van der Waals surface area contributed by atoms with E-state index in [1.54, 1.807) is 18.4 Å². The van der Waals surface area contributed by atoms with Gasteiger partial charge in [0.25, 0.3) is 0 Å². The second-order valence-electron chi connectivity index (χ2n) is 10.2. The zero-order valence-electron chi connectivity index (χ0n) is 24.4. The number of nitrogens with one attached hydrogen (secondary N) is 2. The van der Waals surface area contributed by atoms with Crippen LogP contribution in [0.25, 0.3) is 32.7 Å². The number of carbonyl (C=O) groups excluding carboxylic acids is 2. The van der Waals surface area contributed by atoms with Crippen molar-refractivity contribution < 1.29 is 32.6 Å². The number of carbonyl (C=O) groups is 2. The number of anilines is 1. The number of ether oxygens (including phenoxy) is 1. The highest BCUT2D eigenvalue weighted by Gasteiger charge is 2.34. The number of halogens is 3. The summed E-state index contributed by atoms with van der Waals surface area (Å²) in [7, 11) is 0. The van der Waals surface area contributed by atoms with Gasteiger partial charge in [-0.1, -0.05) is 13.8 Å². The fourth-order valence-corrected chi connectivity index (χ4v) is 5.47. The van der Waals surface area contributed by atoms with Gasteiger partial charge in [-0.2, -0.15) is 13.2 Å². The molecule has 0 bridgehead atoms. The summed E-state index contributed by atoms with van der Waals surface area (Å²) in [6, 6.07) is 1.76. The van der Waals surface area contributed by atoms with Crippen molar-refractivity contribution in [2.75, 3.05) is 25.1 Å². The van der Waals surface area contributed by atoms with Gasteiger partial charge in [0.15, 0.2) is 5.69 Å². The first-order valence-electron chi connectivity index (χ1n) is 13.8. The van der Waals surface area contributed by atoms with Gasteiger partial charge < -0.3 is 19.7 Å². The van der Waals surface area contributed by atoms with Gasteiger partial charge in [0, 0.05) is 47.2 Å². The number of amides is 2. The van der Waals surface area contributed by atoms with Gasteiger partial charge in [-0.15, -0.1) is 11.3 Å². The molecule has 3 N–H and O–H groups in total. The molecule has 0 aromatic carbocycles. The van der Waals surface area contributed by atoms with Crippen molar-refractivity contribution in [3.05, 3.63) is 57.6 Å². The number of aliphatic hydroxyl groups excluding tert-OH is 1. The Hall–Kier alpha value is -4.37. The molecule has 0 saturated heterocycles. The number of pyridine rings is 3. The number of hydrogen-bond acceptors (Lipinski definition) is 9. The maximum absolute atomic E-state index is 13.6. The van der Waals surface area contributed by atoms with E-state index in [0.29, 0.717) is 18.5 Å². The minimum Gasteiger partial charge on any atom is -0.462 e. The number of aromatic nitrogens is 4. The Labute approximate surface area is 254 Å². The average Bonchev–Trinajstić information content (AvgIpc) is 3.48. The summed E-state index contributed by atoms with van der Waals surface area (Å²) in [5.41, 5.74) is -1.04. The molecular formula is C29H31F3N6O5S. The van der Waals surface area contributed by atoms with Crippen LogP contribution in [0.15, 0.2) is 40.9 Å². The number of fused-ring (bicyclic) bond motifs is 1. The number of alkyl halides is 3. The van der Waals surface area contributed by atoms with Crippen molar-refractivity contribution in [3.63, 3.8) is 0 Å². The van der Waals surface area contributed by atoms with Crippen molar-refractivity contribution in [1.82, 2.24) is 24.8 Å². The van der Waals surface area contributed by atoms with E-state index in [2.05, 4.69) is 25.6 Å². The largest absolute Gasteiger partial charge is 0.462 e. The lowest BCUT2D eigenvalue weighted by Crippen LogP contribution is -2.28. The van der Waals surface area contributed by atoms with Crippen LogP contribution in [0.4, 0.5) is 23.8 Å². The van der Waals surface area contributed by atoms with Crippen LogP contribution in [0, 0.1) is 5.92 Å². The summed E-state index contributed by atoms with van der Waals surface area (Å²) in [4.78, 5) is 51.0. The van der Waals surface area contributed by atoms with Crippen LogP contribution in [-0.2, 0) is 10.9 Å². The number of esters is 1. The van der Waals surface area contributed by atoms with E-state index in [1.165, 1.54) is 30.7 Å². The predicted molar refractivity (Wildman–Crippen MR) is 160 cm³/mol. The molecule has 0 aliphatic rings. The van der Waals surface area contributed by atoms with Crippen LogP contribution in [0.5, 0.6) is 0 Å². The second-order valence-corrected chi connectivity index (χ2v) is 11.1. The molecule has 4 aromatic heterocycles. The molecule has 0 saturated carbocycles. The maximum atomic E-state index is 13.6. The van der Waals surface area contributed by atoms with Gasteiger partial charge in [-0.3, -0.25) is 10.1 Å². The lowest BCUT2D eigenvalue weighted by molar-refractivity contribution is -0.140. The van der Waals surface area contributed by atoms with Crippen molar-refractivity contribution in [3.8, 4) is 21.7 Å². The molecule has 0 aliphatic carbocycles. The zero-order valence-corrected chi connectivity index (χ0v) is 25.2. The molecule has 0 unspecified atom stereocenters. The monoisotopic (exact) mass is 632 g/mol. The van der Waals surface area contributed by atoms with Crippen molar-refractivity contribution in [1.29, 1.82) is 0 Å². The zero-order chi connectivity index (χ0) is 32.2. The van der Waals surface area contributed by atoms with Gasteiger partial charge in [0.1, 0.15) is 22.0 Å². The number of rotatable bonds is 10. The summed E-state index contributed by atoms with van der Waals surface area (Å²) in [5, 5.41) is 16.2. The van der Waals surface area contributed by atoms with Crippen molar-refractivity contribution in [2.45, 2.75) is 46.3 Å². The van der Waals surface area contributed by atoms with E-state index in [1.807, 2.05) is 13.8 Å². The third-order valence-electron chi connectivity index (χ3n) is 6.53. The van der Waals surface area contributed by atoms with Gasteiger partial charge in [-0.05, 0) is 38.3 Å². The SMILES string of the molecule is CCNC(=O)Nc1cc(-c2nc(C(F)(F)F)cs2)c(-c2cnc3c(c2)c(=O)c(C(=O)OCC)cn3[C@H](CO)CC(C)C)cn1. The normalized spacial score (nSPS) is 12.4. The number of thiazole rings is 1. The molecule has 4 rings (SSSR count). The van der Waals surface area contributed by atoms with Gasteiger partial charge >= 0.3 is 18.2 Å². The lowest BCUT2D eigenvalue weighted by atomic mass is 10.0. The van der Waals surface area contributed by atoms with Crippen LogP contribution in [-0.4, -0.2) is 56.4 Å². The fourth-order valence-electron chi connectivity index (χ4n) is 4.61. The van der Waals surface area contributed by atoms with Crippen LogP contribution < -0.4 is 16.1 Å². The minimum absolute atomic E-state index is 0.0104. The van der Waals surface area contributed by atoms with Crippen LogP contribution >= 0.6 is 11.3 Å². The Balaban J connectivity index is 1.96. The highest BCUT2D eigenvalue weighted by molar-refractivity contribution is 7.13. The van der Waals surface area contributed by atoms with E-state index in [-0.39, 0.29) is 57.7 Å². The number of nitrogens with zero attached hydrogens (tertiary/aromatic N) is 4. The van der Waals surface area contributed by atoms with Crippen LogP contribution in [0.2, 0.25) is 0 Å². The van der Waals surface area contributed by atoms with Crippen LogP contribution in [0.1, 0.15) is 56.2 Å². The summed E-state index contributed by atoms with van der Waals surface area (Å²) < 4.78 is 47.0. The maximum Gasteiger partial charge on any atom is 0.434 e. The Kier molecular flexibility index (Phi) is 9.99. The standard InChI is InChI=1S/C29H31F3N6O5S/c1-5-33-28(42)37-23-9-18(26-36-22(14-44-26)29(30,31)32)20(11-34-23)16-8-19-24(40)21(27(41)43-6-2)12-38(25(19)35-10-16)17(13-39)7-15(3)4/h8-12,14-15,17,39H,5-7,13H2,1-4H3,(H2,33,34,37,42)/t17-/m0/s1. The highest BCUT2D eigenvalue weighted by Crippen LogP contribution is 2.39. The van der Waals surface area contributed by atoms with E-state index < -0.39 is 35.3 Å². The summed E-state index contributed by atoms with van der Waals surface area (Å²) >= 11 is 0.747. The smallest absolute Gasteiger partial charge is 0.434 e. The minimum atomic E-state index is -4.68. The molecule has 44 heavy (non-hydrogen) atoms. The molecular weight excluding hydrogens is 601 g/mol.